The van der Waals surface area contributed by atoms with Crippen molar-refractivity contribution in [2.45, 2.75) is 0 Å². The van der Waals surface area contributed by atoms with E-state index < -0.39 is 11.7 Å². The largest absolute Gasteiger partial charge is 0.383 e. The van der Waals surface area contributed by atoms with E-state index in [-0.39, 0.29) is 17.2 Å². The molecule has 0 saturated heterocycles. The van der Waals surface area contributed by atoms with E-state index in [1.165, 1.54) is 18.3 Å². The van der Waals surface area contributed by atoms with Crippen LogP contribution in [-0.2, 0) is 0 Å². The molecule has 0 aliphatic carbocycles. The molecule has 0 aliphatic rings. The van der Waals surface area contributed by atoms with Crippen molar-refractivity contribution in [2.75, 3.05) is 11.1 Å². The van der Waals surface area contributed by atoms with Crippen LogP contribution in [0.15, 0.2) is 36.7 Å². The Kier molecular flexibility index (Phi) is 2.95. The van der Waals surface area contributed by atoms with Crippen molar-refractivity contribution in [3.05, 3.63) is 48.0 Å². The predicted octanol–water partition coefficient (Wildman–Crippen LogP) is 1.45. The number of carbonyl (C=O) groups is 1. The maximum absolute atomic E-state index is 12.6. The number of hydrogen-bond donors (Lipinski definition) is 2. The van der Waals surface area contributed by atoms with E-state index in [0.29, 0.717) is 0 Å². The summed E-state index contributed by atoms with van der Waals surface area (Å²) in [5.74, 6) is -0.523. The summed E-state index contributed by atoms with van der Waals surface area (Å²) >= 11 is 0. The number of nitrogen functional groups attached to an aromatic ring is 1. The van der Waals surface area contributed by atoms with Gasteiger partial charge in [0.15, 0.2) is 0 Å². The molecule has 0 aliphatic heterocycles. The third-order valence-corrected chi connectivity index (χ3v) is 2.05. The summed E-state index contributed by atoms with van der Waals surface area (Å²) in [6.45, 7) is 0. The van der Waals surface area contributed by atoms with Gasteiger partial charge in [-0.05, 0) is 24.3 Å². The Hall–Kier alpha value is -2.50. The number of amides is 1. The number of pyridine rings is 2. The highest BCUT2D eigenvalue weighted by Gasteiger charge is 2.10. The van der Waals surface area contributed by atoms with Gasteiger partial charge in [-0.1, -0.05) is 0 Å². The minimum absolute atomic E-state index is 0.132. The highest BCUT2D eigenvalue weighted by Crippen LogP contribution is 2.10. The van der Waals surface area contributed by atoms with Gasteiger partial charge in [0, 0.05) is 6.20 Å². The van der Waals surface area contributed by atoms with E-state index in [2.05, 4.69) is 15.3 Å². The summed E-state index contributed by atoms with van der Waals surface area (Å²) in [6, 6.07) is 5.71. The molecule has 5 nitrogen and oxygen atoms in total. The first kappa shape index (κ1) is 11.0. The summed E-state index contributed by atoms with van der Waals surface area (Å²) in [7, 11) is 0. The molecule has 1 amide bonds. The fraction of sp³-hybridized carbons (Fsp3) is 0. The van der Waals surface area contributed by atoms with Gasteiger partial charge in [-0.15, -0.1) is 0 Å². The van der Waals surface area contributed by atoms with Crippen LogP contribution >= 0.6 is 0 Å². The van der Waals surface area contributed by atoms with Crippen LogP contribution in [0.5, 0.6) is 0 Å². The van der Waals surface area contributed by atoms with Crippen LogP contribution < -0.4 is 11.1 Å². The Balaban J connectivity index is 2.17. The number of aromatic nitrogens is 2. The van der Waals surface area contributed by atoms with Crippen molar-refractivity contribution in [1.29, 1.82) is 0 Å². The number of hydrogen-bond acceptors (Lipinski definition) is 4. The minimum atomic E-state index is -0.469. The highest BCUT2D eigenvalue weighted by atomic mass is 19.1. The lowest BCUT2D eigenvalue weighted by molar-refractivity contribution is 0.102. The molecule has 0 saturated carbocycles. The molecule has 0 atom stereocenters. The lowest BCUT2D eigenvalue weighted by Crippen LogP contribution is -2.15. The van der Waals surface area contributed by atoms with Gasteiger partial charge in [0.05, 0.1) is 11.8 Å². The van der Waals surface area contributed by atoms with Crippen LogP contribution in [0, 0.1) is 5.82 Å². The van der Waals surface area contributed by atoms with Crippen LogP contribution in [0.3, 0.4) is 0 Å². The van der Waals surface area contributed by atoms with Gasteiger partial charge in [-0.25, -0.2) is 14.4 Å². The SMILES string of the molecule is Nc1ncccc1C(=O)Nc1ccc(F)cn1. The average molecular weight is 232 g/mol. The average Bonchev–Trinajstić information content (AvgIpc) is 2.32. The van der Waals surface area contributed by atoms with Gasteiger partial charge in [0.2, 0.25) is 0 Å². The van der Waals surface area contributed by atoms with Gasteiger partial charge in [0.25, 0.3) is 5.91 Å². The molecule has 0 unspecified atom stereocenters. The molecule has 2 aromatic heterocycles. The first-order chi connectivity index (χ1) is 8.16. The normalized spacial score (nSPS) is 9.94. The monoisotopic (exact) mass is 232 g/mol. The molecule has 3 N–H and O–H groups in total. The molecule has 2 heterocycles. The number of carbonyl (C=O) groups excluding carboxylic acids is 1. The molecule has 2 aromatic rings. The van der Waals surface area contributed by atoms with E-state index in [4.69, 9.17) is 5.73 Å². The van der Waals surface area contributed by atoms with E-state index in [9.17, 15) is 9.18 Å². The number of anilines is 2. The van der Waals surface area contributed by atoms with Crippen molar-refractivity contribution in [1.82, 2.24) is 9.97 Å². The van der Waals surface area contributed by atoms with Crippen molar-refractivity contribution >= 4 is 17.5 Å². The van der Waals surface area contributed by atoms with Crippen LogP contribution in [0.25, 0.3) is 0 Å². The third kappa shape index (κ3) is 2.54. The molecule has 6 heteroatoms. The van der Waals surface area contributed by atoms with Gasteiger partial charge < -0.3 is 11.1 Å². The molecular formula is C11H9FN4O. The number of halogens is 1. The lowest BCUT2D eigenvalue weighted by atomic mass is 10.2. The van der Waals surface area contributed by atoms with Gasteiger partial charge in [-0.2, -0.15) is 0 Å². The van der Waals surface area contributed by atoms with Gasteiger partial charge in [-0.3, -0.25) is 4.79 Å². The minimum Gasteiger partial charge on any atom is -0.383 e. The summed E-state index contributed by atoms with van der Waals surface area (Å²) in [5, 5.41) is 2.49. The Morgan fingerprint density at radius 2 is 2.12 bits per heavy atom. The zero-order valence-electron chi connectivity index (χ0n) is 8.72. The number of nitrogens with two attached hydrogens (primary N) is 1. The van der Waals surface area contributed by atoms with Crippen LogP contribution in [0.4, 0.5) is 16.0 Å². The van der Waals surface area contributed by atoms with Crippen molar-refractivity contribution < 1.29 is 9.18 Å². The molecule has 0 aromatic carbocycles. The van der Waals surface area contributed by atoms with Crippen LogP contribution in [0.1, 0.15) is 10.4 Å². The van der Waals surface area contributed by atoms with Crippen molar-refractivity contribution in [3.63, 3.8) is 0 Å². The van der Waals surface area contributed by atoms with Crippen LogP contribution in [-0.4, -0.2) is 15.9 Å². The van der Waals surface area contributed by atoms with Gasteiger partial charge >= 0.3 is 0 Å². The van der Waals surface area contributed by atoms with E-state index >= 15 is 0 Å². The van der Waals surface area contributed by atoms with Crippen molar-refractivity contribution in [3.8, 4) is 0 Å². The molecule has 17 heavy (non-hydrogen) atoms. The molecule has 0 fully saturated rings. The molecule has 0 bridgehead atoms. The second-order valence-electron chi connectivity index (χ2n) is 3.25. The molecule has 86 valence electrons. The number of rotatable bonds is 2. The smallest absolute Gasteiger partial charge is 0.260 e. The van der Waals surface area contributed by atoms with Gasteiger partial charge in [0.1, 0.15) is 17.5 Å². The maximum Gasteiger partial charge on any atom is 0.260 e. The second-order valence-corrected chi connectivity index (χ2v) is 3.25. The topological polar surface area (TPSA) is 80.9 Å². The Bertz CT molecular complexity index is 541. The molecule has 0 radical (unpaired) electrons. The third-order valence-electron chi connectivity index (χ3n) is 2.05. The predicted molar refractivity (Wildman–Crippen MR) is 60.8 cm³/mol. The Morgan fingerprint density at radius 1 is 1.29 bits per heavy atom. The van der Waals surface area contributed by atoms with E-state index in [1.807, 2.05) is 0 Å². The number of nitrogens with zero attached hydrogens (tertiary/aromatic N) is 2. The molecule has 0 spiro atoms. The van der Waals surface area contributed by atoms with E-state index in [0.717, 1.165) is 6.20 Å². The van der Waals surface area contributed by atoms with Crippen molar-refractivity contribution in [2.24, 2.45) is 0 Å². The summed E-state index contributed by atoms with van der Waals surface area (Å²) in [6.07, 6.45) is 2.50. The van der Waals surface area contributed by atoms with Crippen LogP contribution in [0.2, 0.25) is 0 Å². The first-order valence-electron chi connectivity index (χ1n) is 4.80. The summed E-state index contributed by atoms with van der Waals surface area (Å²) in [4.78, 5) is 19.3. The molecule has 2 rings (SSSR count). The summed E-state index contributed by atoms with van der Waals surface area (Å²) in [5.41, 5.74) is 5.80. The quantitative estimate of drug-likeness (QED) is 0.821. The first-order valence-corrected chi connectivity index (χ1v) is 4.80. The maximum atomic E-state index is 12.6. The summed E-state index contributed by atoms with van der Waals surface area (Å²) < 4.78 is 12.6. The fourth-order valence-electron chi connectivity index (χ4n) is 1.24. The fourth-order valence-corrected chi connectivity index (χ4v) is 1.24. The lowest BCUT2D eigenvalue weighted by Gasteiger charge is -2.05. The molecular weight excluding hydrogens is 223 g/mol. The second kappa shape index (κ2) is 4.56. The Morgan fingerprint density at radius 3 is 2.76 bits per heavy atom. The Labute approximate surface area is 96.5 Å². The number of nitrogens with one attached hydrogen (secondary N) is 1. The van der Waals surface area contributed by atoms with E-state index in [1.54, 1.807) is 12.1 Å². The zero-order valence-corrected chi connectivity index (χ0v) is 8.72. The zero-order chi connectivity index (χ0) is 12.3. The standard InChI is InChI=1S/C11H9FN4O/c12-7-3-4-9(15-6-7)16-11(17)8-2-1-5-14-10(8)13/h1-6H,(H2,13,14)(H,15,16,17). The highest BCUT2D eigenvalue weighted by molar-refractivity contribution is 6.06.